The van der Waals surface area contributed by atoms with E-state index in [1.807, 2.05) is 0 Å². The Kier molecular flexibility index (Phi) is 20.3. The number of methoxy groups -OCH3 is 3. The van der Waals surface area contributed by atoms with E-state index in [-0.39, 0.29) is 60.6 Å². The Morgan fingerprint density at radius 3 is 2.41 bits per heavy atom. The van der Waals surface area contributed by atoms with Gasteiger partial charge in [-0.1, -0.05) is 24.3 Å². The van der Waals surface area contributed by atoms with Crippen molar-refractivity contribution >= 4 is 12.0 Å². The van der Waals surface area contributed by atoms with Gasteiger partial charge >= 0.3 is 6.09 Å². The number of benzene rings is 1. The lowest BCUT2D eigenvalue weighted by molar-refractivity contribution is -0.492. The molecular formula is C42H70N4O12. The molecule has 4 fully saturated rings. The van der Waals surface area contributed by atoms with E-state index in [1.54, 1.807) is 26.2 Å². The van der Waals surface area contributed by atoms with Crippen molar-refractivity contribution in [1.29, 1.82) is 0 Å². The fourth-order valence-electron chi connectivity index (χ4n) is 9.17. The van der Waals surface area contributed by atoms with Crippen molar-refractivity contribution in [2.45, 2.75) is 101 Å². The number of fused-ring (bicyclic) bond motifs is 1. The number of amides is 2. The Labute approximate surface area is 344 Å². The first-order chi connectivity index (χ1) is 28.3. The molecule has 2 saturated heterocycles. The zero-order chi connectivity index (χ0) is 41.1. The van der Waals surface area contributed by atoms with Crippen LogP contribution >= 0.6 is 0 Å². The van der Waals surface area contributed by atoms with Crippen LogP contribution in [-0.2, 0) is 49.4 Å². The van der Waals surface area contributed by atoms with Crippen LogP contribution in [0.4, 0.5) is 4.79 Å². The topological polar surface area (TPSA) is 170 Å². The van der Waals surface area contributed by atoms with E-state index in [0.29, 0.717) is 70.9 Å². The second-order valence-electron chi connectivity index (χ2n) is 16.2. The minimum absolute atomic E-state index is 0.0436. The first-order valence-corrected chi connectivity index (χ1v) is 21.4. The first-order valence-electron chi connectivity index (χ1n) is 21.4. The number of rotatable bonds is 23. The highest BCUT2D eigenvalue weighted by Crippen LogP contribution is 2.38. The monoisotopic (exact) mass is 822 g/mol. The van der Waals surface area contributed by atoms with Crippen LogP contribution in [0.2, 0.25) is 0 Å². The Morgan fingerprint density at radius 2 is 1.67 bits per heavy atom. The first kappa shape index (κ1) is 46.6. The number of nitrogens with one attached hydrogen (secondary N) is 1. The largest absolute Gasteiger partial charge is 0.449 e. The summed E-state index contributed by atoms with van der Waals surface area (Å²) in [5, 5.41) is 20.6. The molecular weight excluding hydrogens is 752 g/mol. The number of carbonyl (C=O) groups excluding carboxylic acids is 2. The Bertz CT molecular complexity index is 1320. The molecule has 6 atom stereocenters. The van der Waals surface area contributed by atoms with E-state index < -0.39 is 6.09 Å². The lowest BCUT2D eigenvalue weighted by Crippen LogP contribution is -2.56. The highest BCUT2D eigenvalue weighted by molar-refractivity contribution is 5.78. The van der Waals surface area contributed by atoms with Crippen molar-refractivity contribution in [1.82, 2.24) is 20.5 Å². The van der Waals surface area contributed by atoms with Gasteiger partial charge in [-0.3, -0.25) is 24.9 Å². The third kappa shape index (κ3) is 14.6. The Morgan fingerprint density at radius 1 is 0.897 bits per heavy atom. The molecule has 2 saturated carbocycles. The Balaban J connectivity index is 1.32. The standard InChI is InChI=1S/C42H70N4O12/c1-51-19-6-17-44-18-22-55-38-16-9-32(25-37(38)44)30-57-39-28-45(42(48)56-20-4-5-21-58-46(49)50)27-35(26-43-41(47)34-12-14-36(53-3)15-13-34)40(39)33-10-7-31(8-11-33)29-54-24-23-52-2/h7-8,10-11,32,34-40,49-50H,4-6,9,12-30H2,1-3H3,(H,43,47). The van der Waals surface area contributed by atoms with Gasteiger partial charge in [0.1, 0.15) is 0 Å². The number of carbonyl (C=O) groups is 2. The molecule has 16 nitrogen and oxygen atoms in total. The molecule has 1 aromatic carbocycles. The van der Waals surface area contributed by atoms with Crippen LogP contribution in [-0.4, -0.2) is 162 Å². The summed E-state index contributed by atoms with van der Waals surface area (Å²) in [5.41, 5.74) is 2.14. The lowest BCUT2D eigenvalue weighted by Gasteiger charge is -2.47. The maximum atomic E-state index is 13.7. The van der Waals surface area contributed by atoms with E-state index in [1.165, 1.54) is 0 Å². The zero-order valence-electron chi connectivity index (χ0n) is 35.0. The van der Waals surface area contributed by atoms with E-state index in [9.17, 15) is 9.59 Å². The van der Waals surface area contributed by atoms with Gasteiger partial charge in [-0.2, -0.15) is 0 Å². The summed E-state index contributed by atoms with van der Waals surface area (Å²) in [7, 11) is 5.13. The maximum Gasteiger partial charge on any atom is 0.409 e. The number of hydrogen-bond acceptors (Lipinski definition) is 14. The molecule has 0 bridgehead atoms. The molecule has 5 rings (SSSR count). The van der Waals surface area contributed by atoms with Crippen molar-refractivity contribution < 1.29 is 58.0 Å². The molecule has 2 aliphatic heterocycles. The summed E-state index contributed by atoms with van der Waals surface area (Å²) in [5.74, 6) is 0.0520. The van der Waals surface area contributed by atoms with Gasteiger partial charge in [0.25, 0.3) is 0 Å². The molecule has 2 heterocycles. The van der Waals surface area contributed by atoms with Gasteiger partial charge in [-0.05, 0) is 81.3 Å². The van der Waals surface area contributed by atoms with E-state index in [0.717, 1.165) is 88.8 Å². The third-order valence-electron chi connectivity index (χ3n) is 12.4. The molecule has 4 aliphatic rings. The summed E-state index contributed by atoms with van der Waals surface area (Å²) in [6, 6.07) is 8.78. The predicted molar refractivity (Wildman–Crippen MR) is 212 cm³/mol. The second kappa shape index (κ2) is 25.3. The van der Waals surface area contributed by atoms with E-state index >= 15 is 0 Å². The van der Waals surface area contributed by atoms with Crippen LogP contribution in [0, 0.1) is 17.8 Å². The highest BCUT2D eigenvalue weighted by atomic mass is 17.1. The van der Waals surface area contributed by atoms with Gasteiger partial charge in [0, 0.05) is 84.5 Å². The average molecular weight is 823 g/mol. The second-order valence-corrected chi connectivity index (χ2v) is 16.2. The number of unbranched alkanes of at least 4 members (excludes halogenated alkanes) is 1. The predicted octanol–water partition coefficient (Wildman–Crippen LogP) is 4.41. The normalized spacial score (nSPS) is 28.0. The average Bonchev–Trinajstić information content (AvgIpc) is 3.24. The molecule has 3 N–H and O–H groups in total. The highest BCUT2D eigenvalue weighted by Gasteiger charge is 2.43. The van der Waals surface area contributed by atoms with Crippen molar-refractivity contribution in [3.05, 3.63) is 35.4 Å². The van der Waals surface area contributed by atoms with Gasteiger partial charge in [-0.25, -0.2) is 4.79 Å². The van der Waals surface area contributed by atoms with Gasteiger partial charge in [0.05, 0.1) is 69.9 Å². The van der Waals surface area contributed by atoms with Gasteiger partial charge in [-0.15, -0.1) is 0 Å². The smallest absolute Gasteiger partial charge is 0.409 e. The molecule has 2 aliphatic carbocycles. The molecule has 16 heteroatoms. The van der Waals surface area contributed by atoms with Gasteiger partial charge in [0.2, 0.25) is 5.91 Å². The number of piperidine rings is 1. The van der Waals surface area contributed by atoms with Gasteiger partial charge < -0.3 is 43.4 Å². The molecule has 0 aromatic heterocycles. The summed E-state index contributed by atoms with van der Waals surface area (Å²) in [6.07, 6.45) is 7.84. The number of hydrogen-bond donors (Lipinski definition) is 3. The minimum atomic E-state index is -0.441. The number of nitrogens with zero attached hydrogens (tertiary/aromatic N) is 3. The fraction of sp³-hybridized carbons (Fsp3) is 0.810. The maximum absolute atomic E-state index is 13.7. The van der Waals surface area contributed by atoms with Crippen LogP contribution in [0.3, 0.4) is 0 Å². The lowest BCUT2D eigenvalue weighted by atomic mass is 9.77. The van der Waals surface area contributed by atoms with Gasteiger partial charge in [0.15, 0.2) is 0 Å². The summed E-state index contributed by atoms with van der Waals surface area (Å²) in [4.78, 5) is 36.2. The molecule has 6 unspecified atom stereocenters. The fourth-order valence-corrected chi connectivity index (χ4v) is 9.17. The number of ether oxygens (including phenoxy) is 7. The quantitative estimate of drug-likeness (QED) is 0.105. The van der Waals surface area contributed by atoms with Crippen LogP contribution < -0.4 is 5.32 Å². The van der Waals surface area contributed by atoms with Crippen LogP contribution in [0.1, 0.15) is 81.3 Å². The van der Waals surface area contributed by atoms with E-state index in [2.05, 4.69) is 39.3 Å². The number of morpholine rings is 1. The minimum Gasteiger partial charge on any atom is -0.449 e. The molecule has 1 aromatic rings. The van der Waals surface area contributed by atoms with Crippen molar-refractivity contribution in [3.63, 3.8) is 0 Å². The number of likely N-dealkylation sites (tertiary alicyclic amines) is 1. The zero-order valence-corrected chi connectivity index (χ0v) is 35.0. The van der Waals surface area contributed by atoms with Crippen LogP contribution in [0.5, 0.6) is 0 Å². The third-order valence-corrected chi connectivity index (χ3v) is 12.4. The molecule has 330 valence electrons. The molecule has 0 radical (unpaired) electrons. The van der Waals surface area contributed by atoms with Crippen molar-refractivity contribution in [2.75, 3.05) is 100 Å². The van der Waals surface area contributed by atoms with Crippen molar-refractivity contribution in [3.8, 4) is 0 Å². The molecule has 0 spiro atoms. The summed E-state index contributed by atoms with van der Waals surface area (Å²) in [6.45, 7) is 6.79. The molecule has 58 heavy (non-hydrogen) atoms. The Hall–Kier alpha value is -2.48. The van der Waals surface area contributed by atoms with E-state index in [4.69, 9.17) is 43.6 Å². The summed E-state index contributed by atoms with van der Waals surface area (Å²) >= 11 is 0. The van der Waals surface area contributed by atoms with Crippen molar-refractivity contribution in [2.24, 2.45) is 17.8 Å². The molecule has 2 amide bonds. The van der Waals surface area contributed by atoms with Crippen LogP contribution in [0.25, 0.3) is 0 Å². The van der Waals surface area contributed by atoms with Crippen LogP contribution in [0.15, 0.2) is 24.3 Å². The SMILES string of the molecule is COCCCN1CCOC2CCC(COC3CN(C(=O)OCCCCON(O)O)CC(CNC(=O)C4CCC(OC)CC4)C3c3ccc(COCCOC)cc3)CC21. The summed E-state index contributed by atoms with van der Waals surface area (Å²) < 4.78 is 40.8.